The van der Waals surface area contributed by atoms with E-state index in [1.165, 1.54) is 6.07 Å². The van der Waals surface area contributed by atoms with Crippen molar-refractivity contribution in [1.29, 1.82) is 0 Å². The first-order chi connectivity index (χ1) is 7.38. The van der Waals surface area contributed by atoms with Crippen molar-refractivity contribution < 1.29 is 17.6 Å². The van der Waals surface area contributed by atoms with E-state index in [1.807, 2.05) is 0 Å². The Labute approximate surface area is 101 Å². The maximum absolute atomic E-state index is 11.4. The summed E-state index contributed by atoms with van der Waals surface area (Å²) in [6.45, 7) is 0.230. The number of carbonyl (C=O) groups is 1. The standard InChI is InChI=1S/C8H11BrN2O4S/c9-7-3-2-6(15-7)8(12)11-4-1-5-16(10,13)14/h2-3H,1,4-5H2,(H,11,12)(H2,10,13,14). The Hall–Kier alpha value is -0.860. The number of hydrogen-bond donors (Lipinski definition) is 2. The first-order valence-electron chi connectivity index (χ1n) is 4.42. The van der Waals surface area contributed by atoms with Gasteiger partial charge in [-0.1, -0.05) is 0 Å². The Balaban J connectivity index is 2.31. The molecule has 0 aromatic carbocycles. The zero-order valence-corrected chi connectivity index (χ0v) is 10.7. The van der Waals surface area contributed by atoms with Crippen molar-refractivity contribution in [3.63, 3.8) is 0 Å². The van der Waals surface area contributed by atoms with Crippen LogP contribution in [0.1, 0.15) is 17.0 Å². The van der Waals surface area contributed by atoms with Gasteiger partial charge in [-0.05, 0) is 34.5 Å². The van der Waals surface area contributed by atoms with E-state index >= 15 is 0 Å². The van der Waals surface area contributed by atoms with Crippen LogP contribution < -0.4 is 10.5 Å². The Morgan fingerprint density at radius 3 is 2.69 bits per heavy atom. The van der Waals surface area contributed by atoms with Crippen LogP contribution in [0.3, 0.4) is 0 Å². The van der Waals surface area contributed by atoms with Crippen LogP contribution >= 0.6 is 15.9 Å². The van der Waals surface area contributed by atoms with Crippen molar-refractivity contribution in [3.05, 3.63) is 22.6 Å². The molecule has 1 rings (SSSR count). The zero-order chi connectivity index (χ0) is 12.2. The van der Waals surface area contributed by atoms with E-state index in [1.54, 1.807) is 6.07 Å². The van der Waals surface area contributed by atoms with Crippen LogP contribution in [0.25, 0.3) is 0 Å². The average molecular weight is 311 g/mol. The van der Waals surface area contributed by atoms with E-state index in [2.05, 4.69) is 21.2 Å². The quantitative estimate of drug-likeness (QED) is 0.771. The molecule has 0 aliphatic carbocycles. The van der Waals surface area contributed by atoms with Gasteiger partial charge in [0.1, 0.15) is 0 Å². The van der Waals surface area contributed by atoms with Crippen molar-refractivity contribution in [2.24, 2.45) is 5.14 Å². The van der Waals surface area contributed by atoms with Crippen LogP contribution in [0, 0.1) is 0 Å². The highest BCUT2D eigenvalue weighted by Crippen LogP contribution is 2.13. The lowest BCUT2D eigenvalue weighted by molar-refractivity contribution is 0.0924. The van der Waals surface area contributed by atoms with Crippen LogP contribution in [0.4, 0.5) is 0 Å². The molecule has 1 aromatic rings. The molecule has 0 radical (unpaired) electrons. The molecule has 0 unspecified atom stereocenters. The third-order valence-corrected chi connectivity index (χ3v) is 2.97. The van der Waals surface area contributed by atoms with Crippen LogP contribution in [0.5, 0.6) is 0 Å². The fourth-order valence-electron chi connectivity index (χ4n) is 0.999. The Kier molecular flexibility index (Phi) is 4.51. The van der Waals surface area contributed by atoms with E-state index < -0.39 is 10.0 Å². The third kappa shape index (κ3) is 4.77. The van der Waals surface area contributed by atoms with Gasteiger partial charge >= 0.3 is 0 Å². The summed E-state index contributed by atoms with van der Waals surface area (Å²) >= 11 is 3.07. The lowest BCUT2D eigenvalue weighted by Crippen LogP contribution is -2.27. The second kappa shape index (κ2) is 5.46. The number of halogens is 1. The summed E-state index contributed by atoms with van der Waals surface area (Å²) in [7, 11) is -3.46. The molecule has 0 saturated carbocycles. The molecule has 1 aromatic heterocycles. The predicted octanol–water partition coefficient (Wildman–Crippen LogP) is 0.451. The van der Waals surface area contributed by atoms with Crippen molar-refractivity contribution in [2.75, 3.05) is 12.3 Å². The van der Waals surface area contributed by atoms with Crippen molar-refractivity contribution in [1.82, 2.24) is 5.32 Å². The number of hydrogen-bond acceptors (Lipinski definition) is 4. The molecule has 0 aliphatic rings. The molecule has 8 heteroatoms. The highest BCUT2D eigenvalue weighted by molar-refractivity contribution is 9.10. The first-order valence-corrected chi connectivity index (χ1v) is 6.93. The van der Waals surface area contributed by atoms with E-state index in [4.69, 9.17) is 9.56 Å². The van der Waals surface area contributed by atoms with Crippen molar-refractivity contribution >= 4 is 31.9 Å². The number of sulfonamides is 1. The normalized spacial score (nSPS) is 11.4. The monoisotopic (exact) mass is 310 g/mol. The summed E-state index contributed by atoms with van der Waals surface area (Å²) in [5.74, 6) is -0.377. The predicted molar refractivity (Wildman–Crippen MR) is 61.3 cm³/mol. The van der Waals surface area contributed by atoms with Gasteiger partial charge in [0.25, 0.3) is 5.91 Å². The lowest BCUT2D eigenvalue weighted by atomic mass is 10.4. The molecular formula is C8H11BrN2O4S. The summed E-state index contributed by atoms with van der Waals surface area (Å²) in [5, 5.41) is 7.31. The van der Waals surface area contributed by atoms with E-state index in [9.17, 15) is 13.2 Å². The molecule has 1 amide bonds. The minimum absolute atomic E-state index is 0.158. The number of furan rings is 1. The SMILES string of the molecule is NS(=O)(=O)CCCNC(=O)c1ccc(Br)o1. The highest BCUT2D eigenvalue weighted by atomic mass is 79.9. The number of amides is 1. The zero-order valence-electron chi connectivity index (χ0n) is 8.27. The van der Waals surface area contributed by atoms with Crippen LogP contribution in [0.15, 0.2) is 21.2 Å². The van der Waals surface area contributed by atoms with Gasteiger partial charge < -0.3 is 9.73 Å². The smallest absolute Gasteiger partial charge is 0.287 e. The number of rotatable bonds is 5. The van der Waals surface area contributed by atoms with Gasteiger partial charge in [0.15, 0.2) is 10.4 Å². The van der Waals surface area contributed by atoms with Crippen molar-refractivity contribution in [2.45, 2.75) is 6.42 Å². The number of nitrogens with one attached hydrogen (secondary N) is 1. The van der Waals surface area contributed by atoms with Gasteiger partial charge in [0.2, 0.25) is 10.0 Å². The molecule has 90 valence electrons. The first kappa shape index (κ1) is 13.2. The Morgan fingerprint density at radius 2 is 2.19 bits per heavy atom. The molecule has 0 spiro atoms. The Bertz CT molecular complexity index is 468. The van der Waals surface area contributed by atoms with Gasteiger partial charge in [0, 0.05) is 6.54 Å². The summed E-state index contributed by atoms with van der Waals surface area (Å²) < 4.78 is 26.6. The van der Waals surface area contributed by atoms with Gasteiger partial charge in [-0.15, -0.1) is 0 Å². The Morgan fingerprint density at radius 1 is 1.50 bits per heavy atom. The third-order valence-electron chi connectivity index (χ3n) is 1.69. The van der Waals surface area contributed by atoms with Gasteiger partial charge in [-0.2, -0.15) is 0 Å². The lowest BCUT2D eigenvalue weighted by Gasteiger charge is -2.01. The molecule has 3 N–H and O–H groups in total. The summed E-state index contributed by atoms with van der Waals surface area (Å²) in [5.41, 5.74) is 0. The van der Waals surface area contributed by atoms with Gasteiger partial charge in [-0.3, -0.25) is 4.79 Å². The molecule has 0 atom stereocenters. The summed E-state index contributed by atoms with van der Waals surface area (Å²) in [4.78, 5) is 11.4. The van der Waals surface area contributed by atoms with Crippen LogP contribution in [-0.4, -0.2) is 26.6 Å². The molecular weight excluding hydrogens is 300 g/mol. The van der Waals surface area contributed by atoms with Crippen LogP contribution in [-0.2, 0) is 10.0 Å². The van der Waals surface area contributed by atoms with Gasteiger partial charge in [-0.25, -0.2) is 13.6 Å². The topological polar surface area (TPSA) is 102 Å². The summed E-state index contributed by atoms with van der Waals surface area (Å²) in [6.07, 6.45) is 0.270. The fraction of sp³-hybridized carbons (Fsp3) is 0.375. The number of carbonyl (C=O) groups excluding carboxylic acids is 1. The molecule has 6 nitrogen and oxygen atoms in total. The molecule has 0 fully saturated rings. The minimum Gasteiger partial charge on any atom is -0.444 e. The van der Waals surface area contributed by atoms with Gasteiger partial charge in [0.05, 0.1) is 5.75 Å². The maximum atomic E-state index is 11.4. The molecule has 0 bridgehead atoms. The molecule has 1 heterocycles. The molecule has 0 aliphatic heterocycles. The summed E-state index contributed by atoms with van der Waals surface area (Å²) in [6, 6.07) is 3.11. The van der Waals surface area contributed by atoms with E-state index in [0.717, 1.165) is 0 Å². The average Bonchev–Trinajstić information content (AvgIpc) is 2.57. The maximum Gasteiger partial charge on any atom is 0.287 e. The minimum atomic E-state index is -3.46. The largest absolute Gasteiger partial charge is 0.444 e. The second-order valence-electron chi connectivity index (χ2n) is 3.08. The van der Waals surface area contributed by atoms with Crippen LogP contribution in [0.2, 0.25) is 0 Å². The van der Waals surface area contributed by atoms with E-state index in [0.29, 0.717) is 4.67 Å². The number of primary sulfonamides is 1. The van der Waals surface area contributed by atoms with Crippen molar-refractivity contribution in [3.8, 4) is 0 Å². The second-order valence-corrected chi connectivity index (χ2v) is 5.60. The highest BCUT2D eigenvalue weighted by Gasteiger charge is 2.09. The number of nitrogens with two attached hydrogens (primary N) is 1. The molecule has 0 saturated heterocycles. The fourth-order valence-corrected chi connectivity index (χ4v) is 1.85. The van der Waals surface area contributed by atoms with E-state index in [-0.39, 0.29) is 30.4 Å². The molecule has 16 heavy (non-hydrogen) atoms.